The zero-order valence-electron chi connectivity index (χ0n) is 12.4. The summed E-state index contributed by atoms with van der Waals surface area (Å²) in [7, 11) is -1.86. The Kier molecular flexibility index (Phi) is 5.30. The summed E-state index contributed by atoms with van der Waals surface area (Å²) in [6.45, 7) is 6.01. The number of nitrogens with one attached hydrogen (secondary N) is 2. The van der Waals surface area contributed by atoms with Crippen LogP contribution in [0.25, 0.3) is 0 Å². The van der Waals surface area contributed by atoms with Gasteiger partial charge in [0.1, 0.15) is 0 Å². The van der Waals surface area contributed by atoms with Gasteiger partial charge in [-0.15, -0.1) is 0 Å². The highest BCUT2D eigenvalue weighted by atomic mass is 32.2. The van der Waals surface area contributed by atoms with Crippen molar-refractivity contribution >= 4 is 15.9 Å². The highest BCUT2D eigenvalue weighted by Crippen LogP contribution is 2.13. The van der Waals surface area contributed by atoms with Crippen LogP contribution in [0.15, 0.2) is 24.3 Å². The van der Waals surface area contributed by atoms with E-state index >= 15 is 0 Å². The van der Waals surface area contributed by atoms with Crippen LogP contribution in [0, 0.1) is 5.41 Å². The second-order valence-electron chi connectivity index (χ2n) is 5.71. The Balaban J connectivity index is 2.62. The van der Waals surface area contributed by atoms with Crippen molar-refractivity contribution in [3.05, 3.63) is 35.4 Å². The predicted molar refractivity (Wildman–Crippen MR) is 79.4 cm³/mol. The molecule has 1 amide bonds. The zero-order valence-corrected chi connectivity index (χ0v) is 13.2. The van der Waals surface area contributed by atoms with Crippen molar-refractivity contribution in [2.75, 3.05) is 7.05 Å². The van der Waals surface area contributed by atoms with Crippen LogP contribution in [0.1, 0.15) is 31.9 Å². The van der Waals surface area contributed by atoms with Crippen LogP contribution in [0.4, 0.5) is 0 Å². The molecule has 5 nitrogen and oxygen atoms in total. The van der Waals surface area contributed by atoms with Gasteiger partial charge >= 0.3 is 0 Å². The molecular formula is C14H22N2O3S. The van der Waals surface area contributed by atoms with Crippen LogP contribution in [0.5, 0.6) is 0 Å². The van der Waals surface area contributed by atoms with Gasteiger partial charge in [-0.05, 0) is 18.2 Å². The van der Waals surface area contributed by atoms with Gasteiger partial charge in [-0.1, -0.05) is 45.0 Å². The molecule has 112 valence electrons. The Morgan fingerprint density at radius 3 is 2.05 bits per heavy atom. The van der Waals surface area contributed by atoms with Gasteiger partial charge in [0.2, 0.25) is 15.9 Å². The molecule has 0 aliphatic heterocycles. The van der Waals surface area contributed by atoms with Crippen molar-refractivity contribution in [3.63, 3.8) is 0 Å². The lowest BCUT2D eigenvalue weighted by molar-refractivity contribution is -0.128. The fraction of sp³-hybridized carbons (Fsp3) is 0.500. The van der Waals surface area contributed by atoms with Crippen LogP contribution in [-0.2, 0) is 27.1 Å². The third-order valence-corrected chi connectivity index (χ3v) is 4.16. The lowest BCUT2D eigenvalue weighted by atomic mass is 9.95. The van der Waals surface area contributed by atoms with Crippen LogP contribution in [0.2, 0.25) is 0 Å². The fourth-order valence-electron chi connectivity index (χ4n) is 1.49. The molecule has 0 bridgehead atoms. The highest BCUT2D eigenvalue weighted by Gasteiger charge is 2.20. The van der Waals surface area contributed by atoms with E-state index in [1.165, 1.54) is 7.05 Å². The highest BCUT2D eigenvalue weighted by molar-refractivity contribution is 7.88. The van der Waals surface area contributed by atoms with E-state index in [2.05, 4.69) is 10.0 Å². The number of sulfonamides is 1. The number of carbonyl (C=O) groups is 1. The van der Waals surface area contributed by atoms with Gasteiger partial charge in [0.25, 0.3) is 0 Å². The normalized spacial score (nSPS) is 12.2. The zero-order chi connectivity index (χ0) is 15.4. The number of carbonyl (C=O) groups excluding carboxylic acids is 1. The Morgan fingerprint density at radius 1 is 1.10 bits per heavy atom. The molecule has 0 aliphatic carbocycles. The van der Waals surface area contributed by atoms with E-state index in [4.69, 9.17) is 0 Å². The maximum absolute atomic E-state index is 11.7. The maximum atomic E-state index is 11.7. The molecule has 1 rings (SSSR count). The second-order valence-corrected chi connectivity index (χ2v) is 7.64. The summed E-state index contributed by atoms with van der Waals surface area (Å²) in [5.41, 5.74) is 1.24. The second kappa shape index (κ2) is 6.37. The first kappa shape index (κ1) is 16.7. The minimum atomic E-state index is -3.25. The molecule has 20 heavy (non-hydrogen) atoms. The van der Waals surface area contributed by atoms with Crippen molar-refractivity contribution in [2.24, 2.45) is 5.41 Å². The summed E-state index contributed by atoms with van der Waals surface area (Å²) in [6.07, 6.45) is 0. The number of benzene rings is 1. The van der Waals surface area contributed by atoms with Crippen molar-refractivity contribution in [1.29, 1.82) is 0 Å². The van der Waals surface area contributed by atoms with Gasteiger partial charge in [0.05, 0.1) is 5.75 Å². The molecule has 0 heterocycles. The molecular weight excluding hydrogens is 276 g/mol. The lowest BCUT2D eigenvalue weighted by Crippen LogP contribution is -2.34. The summed E-state index contributed by atoms with van der Waals surface area (Å²) >= 11 is 0. The molecule has 0 fully saturated rings. The lowest BCUT2D eigenvalue weighted by Gasteiger charge is -2.17. The molecule has 0 spiro atoms. The molecule has 1 aromatic carbocycles. The third kappa shape index (κ3) is 5.30. The minimum Gasteiger partial charge on any atom is -0.352 e. The van der Waals surface area contributed by atoms with Crippen LogP contribution in [0.3, 0.4) is 0 Å². The topological polar surface area (TPSA) is 75.3 Å². The Bertz CT molecular complexity index is 557. The van der Waals surface area contributed by atoms with Crippen molar-refractivity contribution in [3.8, 4) is 0 Å². The maximum Gasteiger partial charge on any atom is 0.225 e. The number of rotatable bonds is 5. The molecule has 0 atom stereocenters. The summed E-state index contributed by atoms with van der Waals surface area (Å²) in [6, 6.07) is 7.16. The first-order valence-electron chi connectivity index (χ1n) is 6.41. The smallest absolute Gasteiger partial charge is 0.225 e. The Labute approximate surface area is 120 Å². The molecule has 0 aliphatic rings. The quantitative estimate of drug-likeness (QED) is 0.863. The molecule has 0 radical (unpaired) electrons. The molecule has 0 saturated heterocycles. The van der Waals surface area contributed by atoms with Crippen LogP contribution < -0.4 is 10.0 Å². The van der Waals surface area contributed by atoms with Crippen molar-refractivity contribution < 1.29 is 13.2 Å². The number of amides is 1. The summed E-state index contributed by atoms with van der Waals surface area (Å²) in [5.74, 6) is -0.0580. The third-order valence-electron chi connectivity index (χ3n) is 2.82. The van der Waals surface area contributed by atoms with Crippen molar-refractivity contribution in [1.82, 2.24) is 10.0 Å². The predicted octanol–water partition coefficient (Wildman–Crippen LogP) is 1.40. The summed E-state index contributed by atoms with van der Waals surface area (Å²) in [5, 5.41) is 2.85. The molecule has 1 aromatic rings. The van der Waals surface area contributed by atoms with E-state index < -0.39 is 15.4 Å². The Hall–Kier alpha value is -1.40. The van der Waals surface area contributed by atoms with E-state index in [1.807, 2.05) is 32.9 Å². The molecule has 2 N–H and O–H groups in total. The van der Waals surface area contributed by atoms with E-state index in [9.17, 15) is 13.2 Å². The Morgan fingerprint density at radius 2 is 1.60 bits per heavy atom. The van der Waals surface area contributed by atoms with Gasteiger partial charge in [-0.2, -0.15) is 0 Å². The van der Waals surface area contributed by atoms with Gasteiger partial charge < -0.3 is 5.32 Å². The average molecular weight is 298 g/mol. The van der Waals surface area contributed by atoms with Crippen LogP contribution in [-0.4, -0.2) is 21.4 Å². The van der Waals surface area contributed by atoms with E-state index in [0.717, 1.165) is 5.56 Å². The summed E-state index contributed by atoms with van der Waals surface area (Å²) in [4.78, 5) is 11.7. The SMILES string of the molecule is CNS(=O)(=O)Cc1ccc(CNC(=O)C(C)(C)C)cc1. The van der Waals surface area contributed by atoms with Gasteiger partial charge in [0, 0.05) is 12.0 Å². The first-order chi connectivity index (χ1) is 9.14. The van der Waals surface area contributed by atoms with E-state index in [1.54, 1.807) is 12.1 Å². The minimum absolute atomic E-state index is 0.0145. The summed E-state index contributed by atoms with van der Waals surface area (Å²) < 4.78 is 25.1. The number of hydrogen-bond donors (Lipinski definition) is 2. The average Bonchev–Trinajstić information content (AvgIpc) is 2.36. The first-order valence-corrected chi connectivity index (χ1v) is 8.06. The fourth-order valence-corrected chi connectivity index (χ4v) is 2.27. The molecule has 6 heteroatoms. The molecule has 0 saturated carbocycles. The van der Waals surface area contributed by atoms with Gasteiger partial charge in [0.15, 0.2) is 0 Å². The molecule has 0 aromatic heterocycles. The van der Waals surface area contributed by atoms with Gasteiger partial charge in [-0.3, -0.25) is 4.79 Å². The largest absolute Gasteiger partial charge is 0.352 e. The van der Waals surface area contributed by atoms with E-state index in [-0.39, 0.29) is 11.7 Å². The van der Waals surface area contributed by atoms with Crippen molar-refractivity contribution in [2.45, 2.75) is 33.1 Å². The number of hydrogen-bond acceptors (Lipinski definition) is 3. The van der Waals surface area contributed by atoms with Gasteiger partial charge in [-0.25, -0.2) is 13.1 Å². The van der Waals surface area contributed by atoms with E-state index in [0.29, 0.717) is 12.1 Å². The standard InChI is InChI=1S/C14H22N2O3S/c1-14(2,3)13(17)16-9-11-5-7-12(8-6-11)10-20(18,19)15-4/h5-8,15H,9-10H2,1-4H3,(H,16,17). The molecule has 0 unspecified atom stereocenters. The monoisotopic (exact) mass is 298 g/mol. The van der Waals surface area contributed by atoms with Crippen LogP contribution >= 0.6 is 0 Å².